The van der Waals surface area contributed by atoms with E-state index in [9.17, 15) is 0 Å². The van der Waals surface area contributed by atoms with Gasteiger partial charge >= 0.3 is 0 Å². The van der Waals surface area contributed by atoms with Crippen LogP contribution in [0.25, 0.3) is 0 Å². The van der Waals surface area contributed by atoms with Crippen molar-refractivity contribution in [2.75, 3.05) is 25.1 Å². The Hall–Kier alpha value is 0.0300. The first-order chi connectivity index (χ1) is 8.25. The molecule has 1 aromatic rings. The van der Waals surface area contributed by atoms with Crippen LogP contribution in [0.5, 0.6) is 0 Å². The molecule has 1 saturated heterocycles. The van der Waals surface area contributed by atoms with Gasteiger partial charge in [-0.3, -0.25) is 4.90 Å². The van der Waals surface area contributed by atoms with Gasteiger partial charge < -0.3 is 0 Å². The zero-order chi connectivity index (χ0) is 11.8. The topological polar surface area (TPSA) is 29.0 Å². The smallest absolute Gasteiger partial charge is 0.148 e. The third-order valence-corrected chi connectivity index (χ3v) is 5.54. The standard InChI is InChI=1S/C11H14ClN3S2/c1-15-2-3-16-6-9(15)11-13-8-5-17-4-7(8)10(12)14-11/h9H,2-6H2,1H3. The molecule has 0 saturated carbocycles. The van der Waals surface area contributed by atoms with Crippen molar-refractivity contribution in [1.82, 2.24) is 14.9 Å². The second kappa shape index (κ2) is 4.96. The van der Waals surface area contributed by atoms with E-state index in [1.165, 1.54) is 5.75 Å². The minimum atomic E-state index is 0.321. The molecular weight excluding hydrogens is 274 g/mol. The molecular formula is C11H14ClN3S2. The molecule has 0 radical (unpaired) electrons. The lowest BCUT2D eigenvalue weighted by molar-refractivity contribution is 0.264. The summed E-state index contributed by atoms with van der Waals surface area (Å²) in [6.45, 7) is 1.10. The minimum Gasteiger partial charge on any atom is -0.295 e. The molecule has 6 heteroatoms. The highest BCUT2D eigenvalue weighted by Crippen LogP contribution is 2.35. The fraction of sp³-hybridized carbons (Fsp3) is 0.636. The summed E-state index contributed by atoms with van der Waals surface area (Å²) in [5.74, 6) is 5.11. The number of nitrogens with zero attached hydrogens (tertiary/aromatic N) is 3. The van der Waals surface area contributed by atoms with Crippen molar-refractivity contribution >= 4 is 35.1 Å². The van der Waals surface area contributed by atoms with Gasteiger partial charge in [-0.2, -0.15) is 23.5 Å². The number of thioether (sulfide) groups is 2. The summed E-state index contributed by atoms with van der Waals surface area (Å²) in [4.78, 5) is 11.6. The Labute approximate surface area is 115 Å². The average molecular weight is 288 g/mol. The van der Waals surface area contributed by atoms with E-state index in [1.807, 2.05) is 23.5 Å². The zero-order valence-corrected chi connectivity index (χ0v) is 12.0. The van der Waals surface area contributed by atoms with Crippen LogP contribution in [0.4, 0.5) is 0 Å². The van der Waals surface area contributed by atoms with Gasteiger partial charge in [0.2, 0.25) is 0 Å². The summed E-state index contributed by atoms with van der Waals surface area (Å²) in [7, 11) is 2.14. The Kier molecular flexibility index (Phi) is 3.52. The van der Waals surface area contributed by atoms with Gasteiger partial charge in [-0.05, 0) is 7.05 Å². The fourth-order valence-electron chi connectivity index (χ4n) is 2.14. The first kappa shape index (κ1) is 12.1. The SMILES string of the molecule is CN1CCSCC1c1nc(Cl)c2c(n1)CSC2. The number of halogens is 1. The Balaban J connectivity index is 1.95. The first-order valence-electron chi connectivity index (χ1n) is 5.66. The van der Waals surface area contributed by atoms with E-state index >= 15 is 0 Å². The van der Waals surface area contributed by atoms with Gasteiger partial charge in [0, 0.05) is 35.1 Å². The summed E-state index contributed by atoms with van der Waals surface area (Å²) >= 11 is 10.1. The summed E-state index contributed by atoms with van der Waals surface area (Å²) in [5.41, 5.74) is 2.29. The van der Waals surface area contributed by atoms with Gasteiger partial charge in [-0.25, -0.2) is 9.97 Å². The Morgan fingerprint density at radius 1 is 1.29 bits per heavy atom. The molecule has 1 unspecified atom stereocenters. The van der Waals surface area contributed by atoms with Crippen LogP contribution in [-0.4, -0.2) is 40.0 Å². The van der Waals surface area contributed by atoms with Gasteiger partial charge in [-0.1, -0.05) is 11.6 Å². The Morgan fingerprint density at radius 2 is 2.18 bits per heavy atom. The van der Waals surface area contributed by atoms with Crippen LogP contribution in [0.15, 0.2) is 0 Å². The minimum absolute atomic E-state index is 0.321. The van der Waals surface area contributed by atoms with Crippen LogP contribution in [-0.2, 0) is 11.5 Å². The normalized spacial score (nSPS) is 24.9. The largest absolute Gasteiger partial charge is 0.295 e. The van der Waals surface area contributed by atoms with Gasteiger partial charge in [0.25, 0.3) is 0 Å². The van der Waals surface area contributed by atoms with E-state index < -0.39 is 0 Å². The Bertz CT molecular complexity index is 441. The van der Waals surface area contributed by atoms with Crippen LogP contribution < -0.4 is 0 Å². The highest BCUT2D eigenvalue weighted by molar-refractivity contribution is 7.99. The monoisotopic (exact) mass is 287 g/mol. The van der Waals surface area contributed by atoms with Crippen LogP contribution in [0.1, 0.15) is 23.1 Å². The number of hydrogen-bond acceptors (Lipinski definition) is 5. The summed E-state index contributed by atoms with van der Waals surface area (Å²) in [6, 6.07) is 0.321. The zero-order valence-electron chi connectivity index (χ0n) is 9.65. The predicted molar refractivity (Wildman–Crippen MR) is 74.7 cm³/mol. The highest BCUT2D eigenvalue weighted by atomic mass is 35.5. The van der Waals surface area contributed by atoms with Crippen molar-refractivity contribution in [3.05, 3.63) is 22.2 Å². The highest BCUT2D eigenvalue weighted by Gasteiger charge is 2.27. The van der Waals surface area contributed by atoms with E-state index in [-0.39, 0.29) is 0 Å². The molecule has 2 aliphatic rings. The molecule has 0 aromatic carbocycles. The third kappa shape index (κ3) is 2.30. The first-order valence-corrected chi connectivity index (χ1v) is 8.35. The van der Waals surface area contributed by atoms with Crippen LogP contribution in [0, 0.1) is 0 Å². The van der Waals surface area contributed by atoms with Gasteiger partial charge in [-0.15, -0.1) is 0 Å². The molecule has 1 atom stereocenters. The van der Waals surface area contributed by atoms with Crippen LogP contribution in [0.3, 0.4) is 0 Å². The lowest BCUT2D eigenvalue weighted by Gasteiger charge is -2.31. The van der Waals surface area contributed by atoms with Gasteiger partial charge in [0.1, 0.15) is 11.0 Å². The number of hydrogen-bond donors (Lipinski definition) is 0. The maximum Gasteiger partial charge on any atom is 0.148 e. The molecule has 0 spiro atoms. The maximum atomic E-state index is 6.25. The van der Waals surface area contributed by atoms with Gasteiger partial charge in [0.05, 0.1) is 11.7 Å². The predicted octanol–water partition coefficient (Wildman–Crippen LogP) is 2.60. The average Bonchev–Trinajstić information content (AvgIpc) is 2.78. The molecule has 0 aliphatic carbocycles. The molecule has 3 nitrogen and oxygen atoms in total. The number of rotatable bonds is 1. The molecule has 2 aliphatic heterocycles. The molecule has 92 valence electrons. The second-order valence-electron chi connectivity index (χ2n) is 4.36. The lowest BCUT2D eigenvalue weighted by Crippen LogP contribution is -2.34. The van der Waals surface area contributed by atoms with E-state index in [2.05, 4.69) is 16.9 Å². The summed E-state index contributed by atoms with van der Waals surface area (Å²) < 4.78 is 0. The van der Waals surface area contributed by atoms with E-state index in [1.54, 1.807) is 0 Å². The lowest BCUT2D eigenvalue weighted by atomic mass is 10.2. The molecule has 3 heterocycles. The quantitative estimate of drug-likeness (QED) is 0.741. The van der Waals surface area contributed by atoms with Crippen molar-refractivity contribution in [2.45, 2.75) is 17.5 Å². The van der Waals surface area contributed by atoms with Crippen LogP contribution >= 0.6 is 35.1 Å². The van der Waals surface area contributed by atoms with Crippen molar-refractivity contribution in [3.8, 4) is 0 Å². The van der Waals surface area contributed by atoms with Crippen molar-refractivity contribution in [2.24, 2.45) is 0 Å². The maximum absolute atomic E-state index is 6.25. The molecule has 0 N–H and O–H groups in total. The van der Waals surface area contributed by atoms with Crippen molar-refractivity contribution in [1.29, 1.82) is 0 Å². The van der Waals surface area contributed by atoms with E-state index in [0.717, 1.165) is 40.9 Å². The van der Waals surface area contributed by atoms with Crippen LogP contribution in [0.2, 0.25) is 5.15 Å². The molecule has 0 amide bonds. The number of aromatic nitrogens is 2. The van der Waals surface area contributed by atoms with Gasteiger partial charge in [0.15, 0.2) is 0 Å². The molecule has 0 bridgehead atoms. The summed E-state index contributed by atoms with van der Waals surface area (Å²) in [5, 5.41) is 0.666. The summed E-state index contributed by atoms with van der Waals surface area (Å²) in [6.07, 6.45) is 0. The van der Waals surface area contributed by atoms with E-state index in [0.29, 0.717) is 11.2 Å². The Morgan fingerprint density at radius 3 is 3.00 bits per heavy atom. The molecule has 3 rings (SSSR count). The van der Waals surface area contributed by atoms with E-state index in [4.69, 9.17) is 16.6 Å². The second-order valence-corrected chi connectivity index (χ2v) is 6.86. The number of fused-ring (bicyclic) bond motifs is 1. The molecule has 1 aromatic heterocycles. The fourth-order valence-corrected chi connectivity index (χ4v) is 4.73. The van der Waals surface area contributed by atoms with Crippen molar-refractivity contribution in [3.63, 3.8) is 0 Å². The molecule has 1 fully saturated rings. The third-order valence-electron chi connectivity index (χ3n) is 3.24. The molecule has 17 heavy (non-hydrogen) atoms. The van der Waals surface area contributed by atoms with Crippen molar-refractivity contribution < 1.29 is 0 Å².